The Morgan fingerprint density at radius 1 is 1.18 bits per heavy atom. The topological polar surface area (TPSA) is 95.9 Å². The van der Waals surface area contributed by atoms with E-state index in [1.165, 1.54) is 16.9 Å². The van der Waals surface area contributed by atoms with E-state index in [0.717, 1.165) is 15.6 Å². The third-order valence-corrected chi connectivity index (χ3v) is 8.24. The number of anilines is 1. The lowest BCUT2D eigenvalue weighted by Crippen LogP contribution is -2.42. The van der Waals surface area contributed by atoms with Gasteiger partial charge in [0.15, 0.2) is 10.1 Å². The molecule has 1 aromatic carbocycles. The van der Waals surface area contributed by atoms with Gasteiger partial charge in [0.1, 0.15) is 5.82 Å². The van der Waals surface area contributed by atoms with Crippen molar-refractivity contribution in [2.75, 3.05) is 4.90 Å². The minimum atomic E-state index is -0.474. The van der Waals surface area contributed by atoms with Crippen LogP contribution in [0.3, 0.4) is 0 Å². The molecule has 2 heterocycles. The van der Waals surface area contributed by atoms with Crippen LogP contribution in [-0.4, -0.2) is 21.2 Å². The van der Waals surface area contributed by atoms with Gasteiger partial charge in [-0.15, -0.1) is 10.2 Å². The molecule has 4 rings (SSSR count). The Balaban J connectivity index is 1.90. The van der Waals surface area contributed by atoms with Gasteiger partial charge in [0, 0.05) is 22.9 Å². The summed E-state index contributed by atoms with van der Waals surface area (Å²) in [5, 5.41) is 19.9. The summed E-state index contributed by atoms with van der Waals surface area (Å²) in [6.07, 6.45) is 1.10. The number of allylic oxidation sites excluding steroid dienone is 3. The number of nitriles is 1. The number of nitrogens with two attached hydrogens (primary N) is 1. The number of thioether (sulfide) groups is 1. The third-order valence-electron chi connectivity index (χ3n) is 6.24. The van der Waals surface area contributed by atoms with Crippen LogP contribution in [-0.2, 0) is 4.79 Å². The van der Waals surface area contributed by atoms with Crippen LogP contribution in [0, 0.1) is 16.7 Å². The summed E-state index contributed by atoms with van der Waals surface area (Å²) in [7, 11) is 0. The quantitative estimate of drug-likeness (QED) is 0.502. The molecule has 2 aromatic rings. The zero-order valence-corrected chi connectivity index (χ0v) is 22.2. The molecule has 0 fully saturated rings. The number of benzene rings is 1. The molecule has 2 N–H and O–H groups in total. The second-order valence-corrected chi connectivity index (χ2v) is 13.1. The first-order valence-electron chi connectivity index (χ1n) is 11.6. The van der Waals surface area contributed by atoms with Gasteiger partial charge in [0.25, 0.3) is 0 Å². The highest BCUT2D eigenvalue weighted by Gasteiger charge is 2.45. The minimum Gasteiger partial charge on any atom is -0.384 e. The SMILES string of the molecule is CC(C)Sc1nnc(N2C(N)=C(C#N)C(c3ccc(C(C)C)cc3)C3=C2CC(C)(C)CC3=O)s1. The third kappa shape index (κ3) is 4.51. The van der Waals surface area contributed by atoms with Crippen LogP contribution in [0.2, 0.25) is 0 Å². The van der Waals surface area contributed by atoms with Gasteiger partial charge in [-0.25, -0.2) is 0 Å². The molecule has 8 heteroatoms. The lowest BCUT2D eigenvalue weighted by Gasteiger charge is -2.42. The Labute approximate surface area is 209 Å². The summed E-state index contributed by atoms with van der Waals surface area (Å²) < 4.78 is 0.839. The summed E-state index contributed by atoms with van der Waals surface area (Å²) in [5.41, 5.74) is 10.5. The first-order valence-corrected chi connectivity index (χ1v) is 13.3. The zero-order chi connectivity index (χ0) is 24.8. The van der Waals surface area contributed by atoms with Crippen molar-refractivity contribution in [2.45, 2.75) is 75.8 Å². The highest BCUT2D eigenvalue weighted by molar-refractivity contribution is 8.01. The number of ketones is 1. The molecule has 0 spiro atoms. The van der Waals surface area contributed by atoms with E-state index < -0.39 is 5.92 Å². The molecule has 0 saturated carbocycles. The van der Waals surface area contributed by atoms with Gasteiger partial charge in [-0.3, -0.25) is 9.69 Å². The standard InChI is InChI=1S/C26H31N5OS2/c1-14(2)16-7-9-17(10-8-16)21-18(13-27)23(28)31(24-29-30-25(34-24)33-15(3)4)19-11-26(5,6)12-20(32)22(19)21/h7-10,14-15,21H,11-12,28H2,1-6H3. The Bertz CT molecular complexity index is 1210. The van der Waals surface area contributed by atoms with Crippen molar-refractivity contribution < 1.29 is 4.79 Å². The van der Waals surface area contributed by atoms with Crippen LogP contribution in [0.15, 0.2) is 51.3 Å². The molecule has 0 bridgehead atoms. The molecule has 6 nitrogen and oxygen atoms in total. The second kappa shape index (κ2) is 9.20. The molecule has 1 unspecified atom stereocenters. The number of carbonyl (C=O) groups is 1. The molecule has 1 aromatic heterocycles. The van der Waals surface area contributed by atoms with Gasteiger partial charge in [0.05, 0.1) is 17.6 Å². The fourth-order valence-corrected chi connectivity index (χ4v) is 6.78. The van der Waals surface area contributed by atoms with Crippen LogP contribution >= 0.6 is 23.1 Å². The lowest BCUT2D eigenvalue weighted by molar-refractivity contribution is -0.118. The molecule has 0 radical (unpaired) electrons. The fraction of sp³-hybridized carbons (Fsp3) is 0.462. The van der Waals surface area contributed by atoms with Crippen molar-refractivity contribution >= 4 is 34.0 Å². The average molecular weight is 494 g/mol. The largest absolute Gasteiger partial charge is 0.384 e. The number of nitrogens with zero attached hydrogens (tertiary/aromatic N) is 4. The van der Waals surface area contributed by atoms with Crippen LogP contribution in [0.25, 0.3) is 0 Å². The fourth-order valence-electron chi connectivity index (χ4n) is 4.68. The van der Waals surface area contributed by atoms with Crippen molar-refractivity contribution in [1.29, 1.82) is 5.26 Å². The summed E-state index contributed by atoms with van der Waals surface area (Å²) in [5.74, 6) is 0.324. The summed E-state index contributed by atoms with van der Waals surface area (Å²) in [6, 6.07) is 10.5. The van der Waals surface area contributed by atoms with Gasteiger partial charge < -0.3 is 5.73 Å². The van der Waals surface area contributed by atoms with Crippen LogP contribution < -0.4 is 10.6 Å². The summed E-state index contributed by atoms with van der Waals surface area (Å²) >= 11 is 3.08. The van der Waals surface area contributed by atoms with Crippen molar-refractivity contribution in [1.82, 2.24) is 10.2 Å². The van der Waals surface area contributed by atoms with E-state index >= 15 is 0 Å². The number of aromatic nitrogens is 2. The average Bonchev–Trinajstić information content (AvgIpc) is 3.19. The lowest BCUT2D eigenvalue weighted by atomic mass is 9.68. The Morgan fingerprint density at radius 3 is 2.44 bits per heavy atom. The zero-order valence-electron chi connectivity index (χ0n) is 20.5. The number of rotatable bonds is 5. The van der Waals surface area contributed by atoms with E-state index in [0.29, 0.717) is 46.1 Å². The molecular weight excluding hydrogens is 462 g/mol. The van der Waals surface area contributed by atoms with Gasteiger partial charge in [-0.2, -0.15) is 5.26 Å². The Hall–Kier alpha value is -2.63. The van der Waals surface area contributed by atoms with E-state index in [9.17, 15) is 10.1 Å². The van der Waals surface area contributed by atoms with Crippen molar-refractivity contribution in [3.63, 3.8) is 0 Å². The summed E-state index contributed by atoms with van der Waals surface area (Å²) in [6.45, 7) is 12.7. The summed E-state index contributed by atoms with van der Waals surface area (Å²) in [4.78, 5) is 15.4. The molecule has 1 aliphatic carbocycles. The monoisotopic (exact) mass is 493 g/mol. The normalized spacial score (nSPS) is 20.3. The number of hydrogen-bond acceptors (Lipinski definition) is 8. The van der Waals surface area contributed by atoms with E-state index in [1.54, 1.807) is 11.8 Å². The van der Waals surface area contributed by atoms with Crippen LogP contribution in [0.1, 0.15) is 77.3 Å². The van der Waals surface area contributed by atoms with E-state index in [1.807, 2.05) is 17.0 Å². The maximum atomic E-state index is 13.6. The van der Waals surface area contributed by atoms with Crippen molar-refractivity contribution in [3.05, 3.63) is 58.1 Å². The Morgan fingerprint density at radius 2 is 1.85 bits per heavy atom. The van der Waals surface area contributed by atoms with Crippen LogP contribution in [0.5, 0.6) is 0 Å². The predicted molar refractivity (Wildman–Crippen MR) is 139 cm³/mol. The van der Waals surface area contributed by atoms with Crippen LogP contribution in [0.4, 0.5) is 5.13 Å². The molecule has 178 valence electrons. The molecule has 1 atom stereocenters. The van der Waals surface area contributed by atoms with E-state index in [-0.39, 0.29) is 11.2 Å². The number of carbonyl (C=O) groups excluding carboxylic acids is 1. The van der Waals surface area contributed by atoms with E-state index in [2.05, 4.69) is 69.9 Å². The molecule has 1 aliphatic heterocycles. The predicted octanol–water partition coefficient (Wildman–Crippen LogP) is 6.10. The van der Waals surface area contributed by atoms with E-state index in [4.69, 9.17) is 5.73 Å². The van der Waals surface area contributed by atoms with Gasteiger partial charge in [-0.1, -0.05) is 88.9 Å². The highest BCUT2D eigenvalue weighted by Crippen LogP contribution is 2.50. The van der Waals surface area contributed by atoms with Crippen molar-refractivity contribution in [3.8, 4) is 6.07 Å². The maximum absolute atomic E-state index is 13.6. The molecule has 0 amide bonds. The molecular formula is C26H31N5OS2. The number of Topliss-reactive ketones (excluding diaryl/α,β-unsaturated/α-hetero) is 1. The van der Waals surface area contributed by atoms with Crippen molar-refractivity contribution in [2.24, 2.45) is 11.1 Å². The highest BCUT2D eigenvalue weighted by atomic mass is 32.2. The first kappa shape index (κ1) is 24.5. The maximum Gasteiger partial charge on any atom is 0.219 e. The van der Waals surface area contributed by atoms with Gasteiger partial charge >= 0.3 is 0 Å². The minimum absolute atomic E-state index is 0.0655. The van der Waals surface area contributed by atoms with Gasteiger partial charge in [-0.05, 0) is 28.9 Å². The molecule has 0 saturated heterocycles. The number of hydrogen-bond donors (Lipinski definition) is 1. The smallest absolute Gasteiger partial charge is 0.219 e. The molecule has 2 aliphatic rings. The second-order valence-electron chi connectivity index (χ2n) is 10.3. The van der Waals surface area contributed by atoms with Gasteiger partial charge in [0.2, 0.25) is 5.13 Å². The Kier molecular flexibility index (Phi) is 6.63. The first-order chi connectivity index (χ1) is 16.0. The molecule has 34 heavy (non-hydrogen) atoms.